The Morgan fingerprint density at radius 1 is 1.21 bits per heavy atom. The fraction of sp³-hybridized carbons (Fsp3) is 0.238. The summed E-state index contributed by atoms with van der Waals surface area (Å²) < 4.78 is 12.8. The van der Waals surface area contributed by atoms with E-state index in [1.807, 2.05) is 31.2 Å². The van der Waals surface area contributed by atoms with Crippen molar-refractivity contribution in [1.82, 2.24) is 29.9 Å². The zero-order valence-electron chi connectivity index (χ0n) is 17.6. The molecule has 0 aliphatic heterocycles. The van der Waals surface area contributed by atoms with E-state index in [4.69, 9.17) is 26.2 Å². The number of carbonyl (C=O) groups excluding carboxylic acids is 1. The molecule has 0 fully saturated rings. The number of benzene rings is 1. The Balaban J connectivity index is 1.61. The minimum Gasteiger partial charge on any atom is -0.460 e. The van der Waals surface area contributed by atoms with Crippen molar-refractivity contribution in [2.75, 3.05) is 25.1 Å². The summed E-state index contributed by atoms with van der Waals surface area (Å²) in [5.74, 6) is -0.170. The SMILES string of the molecule is Cc1ccccc1-n1nnc2c(OC(COCCO)C(=O)Nc3ccc(Cl)cn3)ncnc21. The summed E-state index contributed by atoms with van der Waals surface area (Å²) in [5, 5.41) is 20.4. The van der Waals surface area contributed by atoms with Gasteiger partial charge >= 0.3 is 0 Å². The average Bonchev–Trinajstić information content (AvgIpc) is 3.25. The number of aliphatic hydroxyl groups is 1. The molecule has 0 bridgehead atoms. The van der Waals surface area contributed by atoms with E-state index in [0.717, 1.165) is 11.3 Å². The number of rotatable bonds is 9. The lowest BCUT2D eigenvalue weighted by Crippen LogP contribution is -2.37. The summed E-state index contributed by atoms with van der Waals surface area (Å²) in [6.45, 7) is 1.65. The topological polar surface area (TPSA) is 137 Å². The van der Waals surface area contributed by atoms with Gasteiger partial charge in [0.05, 0.1) is 30.5 Å². The summed E-state index contributed by atoms with van der Waals surface area (Å²) in [6.07, 6.45) is 1.60. The van der Waals surface area contributed by atoms with E-state index >= 15 is 0 Å². The summed E-state index contributed by atoms with van der Waals surface area (Å²) >= 11 is 5.84. The number of amides is 1. The van der Waals surface area contributed by atoms with Crippen LogP contribution >= 0.6 is 11.6 Å². The first-order chi connectivity index (χ1) is 16.1. The highest BCUT2D eigenvalue weighted by molar-refractivity contribution is 6.30. The number of aliphatic hydroxyl groups excluding tert-OH is 1. The van der Waals surface area contributed by atoms with E-state index in [-0.39, 0.29) is 31.2 Å². The van der Waals surface area contributed by atoms with Crippen molar-refractivity contribution < 1.29 is 19.4 Å². The number of ether oxygens (including phenoxy) is 2. The van der Waals surface area contributed by atoms with Crippen LogP contribution < -0.4 is 10.1 Å². The smallest absolute Gasteiger partial charge is 0.269 e. The van der Waals surface area contributed by atoms with Gasteiger partial charge in [-0.25, -0.2) is 9.97 Å². The van der Waals surface area contributed by atoms with Crippen LogP contribution in [-0.2, 0) is 9.53 Å². The monoisotopic (exact) mass is 469 g/mol. The van der Waals surface area contributed by atoms with Crippen molar-refractivity contribution in [2.24, 2.45) is 0 Å². The number of halogens is 1. The Morgan fingerprint density at radius 2 is 2.06 bits per heavy atom. The largest absolute Gasteiger partial charge is 0.460 e. The Labute approximate surface area is 193 Å². The van der Waals surface area contributed by atoms with E-state index in [1.54, 1.807) is 16.8 Å². The van der Waals surface area contributed by atoms with Gasteiger partial charge in [0, 0.05) is 6.20 Å². The third-order valence-corrected chi connectivity index (χ3v) is 4.80. The molecular formula is C21H20ClN7O4. The third kappa shape index (κ3) is 5.22. The molecule has 0 spiro atoms. The number of carbonyl (C=O) groups is 1. The molecule has 3 heterocycles. The standard InChI is InChI=1S/C21H20ClN7O4/c1-13-4-2-3-5-15(13)29-19-18(27-28-29)21(25-12-24-19)33-16(11-32-9-8-30)20(31)26-17-7-6-14(22)10-23-17/h2-7,10,12,16,30H,8-9,11H2,1H3,(H,23,26,31). The quantitative estimate of drug-likeness (QED) is 0.352. The minimum atomic E-state index is -1.12. The zero-order valence-corrected chi connectivity index (χ0v) is 18.3. The molecule has 11 nitrogen and oxygen atoms in total. The van der Waals surface area contributed by atoms with Gasteiger partial charge in [-0.15, -0.1) is 5.10 Å². The van der Waals surface area contributed by atoms with E-state index < -0.39 is 12.0 Å². The van der Waals surface area contributed by atoms with E-state index in [2.05, 4.69) is 30.6 Å². The lowest BCUT2D eigenvalue weighted by Gasteiger charge is -2.18. The maximum atomic E-state index is 12.9. The van der Waals surface area contributed by atoms with Crippen LogP contribution in [0.3, 0.4) is 0 Å². The van der Waals surface area contributed by atoms with Crippen LogP contribution in [0, 0.1) is 6.92 Å². The Kier molecular flexibility index (Phi) is 7.03. The van der Waals surface area contributed by atoms with Gasteiger partial charge in [-0.05, 0) is 30.7 Å². The van der Waals surface area contributed by atoms with Crippen LogP contribution in [0.5, 0.6) is 5.88 Å². The zero-order chi connectivity index (χ0) is 23.2. The van der Waals surface area contributed by atoms with Gasteiger partial charge in [0.2, 0.25) is 12.0 Å². The molecule has 1 atom stereocenters. The third-order valence-electron chi connectivity index (χ3n) is 4.58. The molecule has 2 N–H and O–H groups in total. The van der Waals surface area contributed by atoms with Crippen molar-refractivity contribution in [3.05, 3.63) is 59.5 Å². The Morgan fingerprint density at radius 3 is 2.82 bits per heavy atom. The summed E-state index contributed by atoms with van der Waals surface area (Å²) in [4.78, 5) is 25.3. The molecule has 4 rings (SSSR count). The first kappa shape index (κ1) is 22.5. The molecular weight excluding hydrogens is 450 g/mol. The van der Waals surface area contributed by atoms with E-state index in [1.165, 1.54) is 12.5 Å². The fourth-order valence-electron chi connectivity index (χ4n) is 2.99. The molecule has 1 amide bonds. The highest BCUT2D eigenvalue weighted by atomic mass is 35.5. The number of anilines is 1. The van der Waals surface area contributed by atoms with Crippen LogP contribution in [0.25, 0.3) is 16.9 Å². The minimum absolute atomic E-state index is 0.0367. The van der Waals surface area contributed by atoms with Crippen molar-refractivity contribution in [3.63, 3.8) is 0 Å². The van der Waals surface area contributed by atoms with Crippen molar-refractivity contribution >= 4 is 34.5 Å². The number of aromatic nitrogens is 6. The summed E-state index contributed by atoms with van der Waals surface area (Å²) in [5.41, 5.74) is 2.49. The molecule has 0 radical (unpaired) electrons. The van der Waals surface area contributed by atoms with E-state index in [0.29, 0.717) is 16.5 Å². The lowest BCUT2D eigenvalue weighted by atomic mass is 10.2. The van der Waals surface area contributed by atoms with Gasteiger partial charge in [0.25, 0.3) is 5.91 Å². The number of aryl methyl sites for hydroxylation is 1. The Bertz CT molecular complexity index is 1250. The second kappa shape index (κ2) is 10.3. The number of hydrogen-bond donors (Lipinski definition) is 2. The predicted octanol–water partition coefficient (Wildman–Crippen LogP) is 1.96. The van der Waals surface area contributed by atoms with E-state index in [9.17, 15) is 4.79 Å². The molecule has 0 saturated carbocycles. The number of nitrogens with one attached hydrogen (secondary N) is 1. The van der Waals surface area contributed by atoms with Crippen LogP contribution in [0.2, 0.25) is 5.02 Å². The van der Waals surface area contributed by atoms with Gasteiger partial charge < -0.3 is 19.9 Å². The van der Waals surface area contributed by atoms with Crippen molar-refractivity contribution in [1.29, 1.82) is 0 Å². The highest BCUT2D eigenvalue weighted by Crippen LogP contribution is 2.23. The first-order valence-electron chi connectivity index (χ1n) is 9.97. The molecule has 170 valence electrons. The lowest BCUT2D eigenvalue weighted by molar-refractivity contribution is -0.125. The number of pyridine rings is 1. The van der Waals surface area contributed by atoms with Gasteiger partial charge in [-0.3, -0.25) is 4.79 Å². The predicted molar refractivity (Wildman–Crippen MR) is 119 cm³/mol. The highest BCUT2D eigenvalue weighted by Gasteiger charge is 2.25. The fourth-order valence-corrected chi connectivity index (χ4v) is 3.10. The number of para-hydroxylation sites is 1. The first-order valence-corrected chi connectivity index (χ1v) is 10.3. The molecule has 33 heavy (non-hydrogen) atoms. The molecule has 1 unspecified atom stereocenters. The molecule has 4 aromatic rings. The molecule has 3 aromatic heterocycles. The maximum absolute atomic E-state index is 12.9. The van der Waals surface area contributed by atoms with Crippen LogP contribution in [0.1, 0.15) is 5.56 Å². The molecule has 0 saturated heterocycles. The summed E-state index contributed by atoms with van der Waals surface area (Å²) in [7, 11) is 0. The number of fused-ring (bicyclic) bond motifs is 1. The van der Waals surface area contributed by atoms with Gasteiger partial charge in [0.15, 0.2) is 11.2 Å². The molecule has 1 aromatic carbocycles. The average molecular weight is 470 g/mol. The normalized spacial score (nSPS) is 12.0. The Hall–Kier alpha value is -3.67. The van der Waals surface area contributed by atoms with Crippen molar-refractivity contribution in [3.8, 4) is 11.6 Å². The second-order valence-electron chi connectivity index (χ2n) is 6.89. The van der Waals surface area contributed by atoms with Gasteiger partial charge in [-0.1, -0.05) is 35.0 Å². The summed E-state index contributed by atoms with van der Waals surface area (Å²) in [6, 6.07) is 10.8. The van der Waals surface area contributed by atoms with Crippen LogP contribution in [0.15, 0.2) is 48.9 Å². The van der Waals surface area contributed by atoms with Gasteiger partial charge in [-0.2, -0.15) is 9.67 Å². The van der Waals surface area contributed by atoms with Crippen molar-refractivity contribution in [2.45, 2.75) is 13.0 Å². The van der Waals surface area contributed by atoms with Crippen LogP contribution in [0.4, 0.5) is 5.82 Å². The molecule has 0 aliphatic carbocycles. The molecule has 12 heteroatoms. The maximum Gasteiger partial charge on any atom is 0.269 e. The molecule has 0 aliphatic rings. The second-order valence-corrected chi connectivity index (χ2v) is 7.33. The van der Waals surface area contributed by atoms with Crippen LogP contribution in [-0.4, -0.2) is 66.9 Å². The number of nitrogens with zero attached hydrogens (tertiary/aromatic N) is 6. The number of hydrogen-bond acceptors (Lipinski definition) is 9. The van der Waals surface area contributed by atoms with Gasteiger partial charge in [0.1, 0.15) is 12.1 Å².